The average Bonchev–Trinajstić information content (AvgIpc) is 3.08. The highest BCUT2D eigenvalue weighted by atomic mass is 32.1. The summed E-state index contributed by atoms with van der Waals surface area (Å²) in [5.41, 5.74) is 4.71. The fourth-order valence-corrected chi connectivity index (χ4v) is 3.97. The van der Waals surface area contributed by atoms with E-state index in [9.17, 15) is 0 Å². The number of anilines is 1. The van der Waals surface area contributed by atoms with Crippen molar-refractivity contribution in [2.45, 2.75) is 26.8 Å². The minimum atomic E-state index is 0.317. The summed E-state index contributed by atoms with van der Waals surface area (Å²) < 4.78 is 0. The number of hydrogen-bond donors (Lipinski definition) is 1. The van der Waals surface area contributed by atoms with Crippen molar-refractivity contribution < 1.29 is 0 Å². The van der Waals surface area contributed by atoms with Crippen LogP contribution < -0.4 is 5.32 Å². The van der Waals surface area contributed by atoms with Crippen LogP contribution in [0.5, 0.6) is 0 Å². The Balaban J connectivity index is 1.82. The molecule has 0 bridgehead atoms. The van der Waals surface area contributed by atoms with Crippen LogP contribution in [0.3, 0.4) is 0 Å². The molecule has 21 heavy (non-hydrogen) atoms. The molecule has 0 spiro atoms. The van der Waals surface area contributed by atoms with Crippen molar-refractivity contribution in [3.63, 3.8) is 0 Å². The van der Waals surface area contributed by atoms with Crippen LogP contribution in [0.15, 0.2) is 41.1 Å². The Morgan fingerprint density at radius 1 is 1.14 bits per heavy atom. The standard InChI is InChI=1S/C17H18N2S2/c1-11-7-8-20-17(11)12(2)18-15-6-4-5-14(9-15)16-10-21-13(3)19-16/h4-10,12,18H,1-3H3. The zero-order chi connectivity index (χ0) is 14.8. The van der Waals surface area contributed by atoms with Gasteiger partial charge in [0.25, 0.3) is 0 Å². The number of rotatable bonds is 4. The largest absolute Gasteiger partial charge is 0.378 e. The van der Waals surface area contributed by atoms with Crippen molar-refractivity contribution in [2.24, 2.45) is 0 Å². The summed E-state index contributed by atoms with van der Waals surface area (Å²) in [4.78, 5) is 5.95. The minimum absolute atomic E-state index is 0.317. The summed E-state index contributed by atoms with van der Waals surface area (Å²) in [5.74, 6) is 0. The number of aromatic nitrogens is 1. The van der Waals surface area contributed by atoms with Gasteiger partial charge in [-0.25, -0.2) is 4.98 Å². The smallest absolute Gasteiger partial charge is 0.0901 e. The van der Waals surface area contributed by atoms with Crippen LogP contribution in [0, 0.1) is 13.8 Å². The van der Waals surface area contributed by atoms with Crippen molar-refractivity contribution in [3.8, 4) is 11.3 Å². The van der Waals surface area contributed by atoms with Gasteiger partial charge in [-0.3, -0.25) is 0 Å². The van der Waals surface area contributed by atoms with E-state index in [1.807, 2.05) is 18.3 Å². The van der Waals surface area contributed by atoms with Gasteiger partial charge in [0.2, 0.25) is 0 Å². The quantitative estimate of drug-likeness (QED) is 0.672. The van der Waals surface area contributed by atoms with Crippen molar-refractivity contribution >= 4 is 28.4 Å². The van der Waals surface area contributed by atoms with Crippen molar-refractivity contribution in [2.75, 3.05) is 5.32 Å². The summed E-state index contributed by atoms with van der Waals surface area (Å²) in [6.07, 6.45) is 0. The Morgan fingerprint density at radius 3 is 2.67 bits per heavy atom. The van der Waals surface area contributed by atoms with Gasteiger partial charge in [0.05, 0.1) is 16.7 Å². The van der Waals surface area contributed by atoms with Crippen LogP contribution in [0.25, 0.3) is 11.3 Å². The molecule has 108 valence electrons. The zero-order valence-electron chi connectivity index (χ0n) is 12.4. The molecular formula is C17H18N2S2. The van der Waals surface area contributed by atoms with Gasteiger partial charge in [0.1, 0.15) is 0 Å². The number of nitrogens with zero attached hydrogens (tertiary/aromatic N) is 1. The molecule has 1 aromatic carbocycles. The second kappa shape index (κ2) is 6.00. The molecule has 1 atom stereocenters. The first kappa shape index (κ1) is 14.3. The first-order chi connectivity index (χ1) is 10.1. The van der Waals surface area contributed by atoms with Gasteiger partial charge in [0, 0.05) is 21.5 Å². The molecule has 3 rings (SSSR count). The third-order valence-corrected chi connectivity index (χ3v) is 5.43. The van der Waals surface area contributed by atoms with Crippen LogP contribution in [-0.4, -0.2) is 4.98 Å². The molecule has 2 nitrogen and oxygen atoms in total. The molecule has 0 amide bonds. The van der Waals surface area contributed by atoms with E-state index >= 15 is 0 Å². The van der Waals surface area contributed by atoms with Gasteiger partial charge in [-0.2, -0.15) is 0 Å². The van der Waals surface area contributed by atoms with E-state index in [2.05, 4.69) is 65.2 Å². The van der Waals surface area contributed by atoms with Gasteiger partial charge < -0.3 is 5.32 Å². The highest BCUT2D eigenvalue weighted by Crippen LogP contribution is 2.29. The maximum atomic E-state index is 4.56. The molecule has 4 heteroatoms. The predicted molar refractivity (Wildman–Crippen MR) is 93.4 cm³/mol. The molecule has 0 aliphatic rings. The summed E-state index contributed by atoms with van der Waals surface area (Å²) >= 11 is 3.50. The molecule has 0 radical (unpaired) electrons. The summed E-state index contributed by atoms with van der Waals surface area (Å²) in [6.45, 7) is 6.41. The third-order valence-electron chi connectivity index (χ3n) is 3.46. The number of aryl methyl sites for hydroxylation is 2. The summed E-state index contributed by atoms with van der Waals surface area (Å²) in [5, 5.41) is 8.95. The Morgan fingerprint density at radius 2 is 2.00 bits per heavy atom. The van der Waals surface area contributed by atoms with Crippen LogP contribution in [0.1, 0.15) is 28.4 Å². The first-order valence-corrected chi connectivity index (χ1v) is 8.72. The van der Waals surface area contributed by atoms with Gasteiger partial charge in [0.15, 0.2) is 0 Å². The van der Waals surface area contributed by atoms with E-state index in [0.717, 1.165) is 16.4 Å². The van der Waals surface area contributed by atoms with Gasteiger partial charge >= 0.3 is 0 Å². The molecule has 0 aliphatic heterocycles. The lowest BCUT2D eigenvalue weighted by atomic mass is 10.1. The topological polar surface area (TPSA) is 24.9 Å². The molecule has 0 aliphatic carbocycles. The normalized spacial score (nSPS) is 12.3. The van der Waals surface area contributed by atoms with E-state index in [1.54, 1.807) is 11.3 Å². The second-order valence-electron chi connectivity index (χ2n) is 5.17. The molecule has 1 N–H and O–H groups in total. The molecule has 0 fully saturated rings. The lowest BCUT2D eigenvalue weighted by molar-refractivity contribution is 0.899. The van der Waals surface area contributed by atoms with Crippen LogP contribution in [0.4, 0.5) is 5.69 Å². The molecule has 2 heterocycles. The highest BCUT2D eigenvalue weighted by Gasteiger charge is 2.10. The number of thiophene rings is 1. The third kappa shape index (κ3) is 3.17. The van der Waals surface area contributed by atoms with E-state index < -0.39 is 0 Å². The SMILES string of the molecule is Cc1nc(-c2cccc(NC(C)c3sccc3C)c2)cs1. The fourth-order valence-electron chi connectivity index (χ4n) is 2.41. The monoisotopic (exact) mass is 314 g/mol. The van der Waals surface area contributed by atoms with E-state index in [4.69, 9.17) is 0 Å². The lowest BCUT2D eigenvalue weighted by Crippen LogP contribution is -2.05. The molecule has 1 unspecified atom stereocenters. The fraction of sp³-hybridized carbons (Fsp3) is 0.235. The molecule has 0 saturated carbocycles. The van der Waals surface area contributed by atoms with Gasteiger partial charge in [-0.1, -0.05) is 12.1 Å². The lowest BCUT2D eigenvalue weighted by Gasteiger charge is -2.15. The first-order valence-electron chi connectivity index (χ1n) is 6.96. The zero-order valence-corrected chi connectivity index (χ0v) is 14.0. The Bertz CT molecular complexity index is 743. The number of benzene rings is 1. The maximum Gasteiger partial charge on any atom is 0.0901 e. The van der Waals surface area contributed by atoms with Crippen molar-refractivity contribution in [3.05, 3.63) is 56.5 Å². The van der Waals surface area contributed by atoms with Gasteiger partial charge in [-0.15, -0.1) is 22.7 Å². The average molecular weight is 314 g/mol. The Hall–Kier alpha value is -1.65. The van der Waals surface area contributed by atoms with E-state index in [-0.39, 0.29) is 0 Å². The summed E-state index contributed by atoms with van der Waals surface area (Å²) in [6, 6.07) is 11.0. The van der Waals surface area contributed by atoms with Gasteiger partial charge in [-0.05, 0) is 49.9 Å². The number of hydrogen-bond acceptors (Lipinski definition) is 4. The van der Waals surface area contributed by atoms with E-state index in [1.165, 1.54) is 16.0 Å². The second-order valence-corrected chi connectivity index (χ2v) is 7.18. The molecule has 3 aromatic rings. The van der Waals surface area contributed by atoms with Crippen LogP contribution >= 0.6 is 22.7 Å². The highest BCUT2D eigenvalue weighted by molar-refractivity contribution is 7.10. The van der Waals surface area contributed by atoms with E-state index in [0.29, 0.717) is 6.04 Å². The summed E-state index contributed by atoms with van der Waals surface area (Å²) in [7, 11) is 0. The minimum Gasteiger partial charge on any atom is -0.378 e. The Labute approximate surface area is 133 Å². The van der Waals surface area contributed by atoms with Crippen LogP contribution in [-0.2, 0) is 0 Å². The maximum absolute atomic E-state index is 4.56. The molecular weight excluding hydrogens is 296 g/mol. The number of thiazole rings is 1. The molecule has 0 saturated heterocycles. The predicted octanol–water partition coefficient (Wildman–Crippen LogP) is 5.66. The number of nitrogens with one attached hydrogen (secondary N) is 1. The molecule has 2 aromatic heterocycles. The Kier molecular flexibility index (Phi) is 4.08. The van der Waals surface area contributed by atoms with Crippen molar-refractivity contribution in [1.82, 2.24) is 4.98 Å². The van der Waals surface area contributed by atoms with Crippen LogP contribution in [0.2, 0.25) is 0 Å². The van der Waals surface area contributed by atoms with Crippen molar-refractivity contribution in [1.29, 1.82) is 0 Å².